The molecule has 0 atom stereocenters. The summed E-state index contributed by atoms with van der Waals surface area (Å²) < 4.78 is 4.54. The Hall–Kier alpha value is -0.900. The van der Waals surface area contributed by atoms with Crippen molar-refractivity contribution >= 4 is 12.2 Å². The predicted molar refractivity (Wildman–Crippen MR) is 44.2 cm³/mol. The molecule has 0 heterocycles. The second kappa shape index (κ2) is 23.0. The zero-order valence-electron chi connectivity index (χ0n) is 7.59. The van der Waals surface area contributed by atoms with Crippen molar-refractivity contribution < 1.29 is 14.3 Å². The molecule has 0 fully saturated rings. The molecule has 0 unspecified atom stereocenters. The topological polar surface area (TPSA) is 69.4 Å². The highest BCUT2D eigenvalue weighted by molar-refractivity contribution is 6.22. The Kier molecular flexibility index (Phi) is 34.6. The lowest BCUT2D eigenvalue weighted by Crippen LogP contribution is -2.10. The van der Waals surface area contributed by atoms with Crippen LogP contribution in [0.2, 0.25) is 0 Å². The van der Waals surface area contributed by atoms with Gasteiger partial charge in [-0.25, -0.2) is 0 Å². The van der Waals surface area contributed by atoms with E-state index in [1.54, 1.807) is 7.11 Å². The van der Waals surface area contributed by atoms with Crippen LogP contribution in [0.25, 0.3) is 0 Å². The van der Waals surface area contributed by atoms with Gasteiger partial charge in [-0.3, -0.25) is 9.59 Å². The van der Waals surface area contributed by atoms with Gasteiger partial charge in [0, 0.05) is 13.7 Å². The third-order valence-corrected chi connectivity index (χ3v) is 0.405. The summed E-state index contributed by atoms with van der Waals surface area (Å²) in [6.07, 6.45) is 0.0556. The van der Waals surface area contributed by atoms with Crippen molar-refractivity contribution in [2.45, 2.75) is 20.8 Å². The number of methoxy groups -OCH3 is 1. The molecule has 0 radical (unpaired) electrons. The number of carbonyl (C=O) groups is 2. The molecular weight excluding hydrogens is 146 g/mol. The Morgan fingerprint density at radius 2 is 1.73 bits per heavy atom. The first-order valence-corrected chi connectivity index (χ1v) is 3.42. The van der Waals surface area contributed by atoms with E-state index in [4.69, 9.17) is 4.79 Å². The van der Waals surface area contributed by atoms with E-state index in [1.165, 1.54) is 0 Å². The van der Waals surface area contributed by atoms with Crippen LogP contribution in [0.3, 0.4) is 0 Å². The third kappa shape index (κ3) is 104. The van der Waals surface area contributed by atoms with Gasteiger partial charge in [-0.15, -0.1) is 0 Å². The molecule has 0 aliphatic heterocycles. The highest BCUT2D eigenvalue weighted by atomic mass is 16.5. The molecule has 1 amide bonds. The van der Waals surface area contributed by atoms with Gasteiger partial charge in [-0.2, -0.15) is 0 Å². The Bertz CT molecular complexity index is 81.8. The van der Waals surface area contributed by atoms with Gasteiger partial charge in [0.2, 0.25) is 6.29 Å². The highest BCUT2D eigenvalue weighted by Gasteiger charge is 1.76. The molecule has 68 valence electrons. The largest absolute Gasteiger partial charge is 0.385 e. The molecule has 0 bridgehead atoms. The van der Waals surface area contributed by atoms with Crippen LogP contribution in [0.15, 0.2) is 0 Å². The van der Waals surface area contributed by atoms with Crippen molar-refractivity contribution in [3.8, 4) is 0 Å². The Balaban J connectivity index is -0.0000000965. The first-order valence-electron chi connectivity index (χ1n) is 3.42. The summed E-state index contributed by atoms with van der Waals surface area (Å²) in [5.74, 6) is -0.926. The van der Waals surface area contributed by atoms with Crippen molar-refractivity contribution in [3.63, 3.8) is 0 Å². The number of nitrogens with two attached hydrogens (primary N) is 1. The molecule has 4 heteroatoms. The molecule has 0 saturated carbocycles. The number of hydrogen-bond acceptors (Lipinski definition) is 3. The maximum Gasteiger partial charge on any atom is 0.281 e. The van der Waals surface area contributed by atoms with Crippen LogP contribution in [-0.4, -0.2) is 25.9 Å². The lowest BCUT2D eigenvalue weighted by Gasteiger charge is -1.76. The van der Waals surface area contributed by atoms with Crippen LogP contribution in [0.4, 0.5) is 0 Å². The molecule has 0 aromatic heterocycles. The molecule has 0 aromatic carbocycles. The number of carbonyl (C=O) groups excluding carboxylic acids is 2. The minimum Gasteiger partial charge on any atom is -0.385 e. The van der Waals surface area contributed by atoms with Gasteiger partial charge >= 0.3 is 0 Å². The molecule has 0 rings (SSSR count). The van der Waals surface area contributed by atoms with Gasteiger partial charge in [0.15, 0.2) is 0 Å². The SMILES string of the molecule is CC.CCOC.NC(=O)C=O. The monoisotopic (exact) mass is 163 g/mol. The van der Waals surface area contributed by atoms with Gasteiger partial charge in [0.1, 0.15) is 0 Å². The van der Waals surface area contributed by atoms with Crippen LogP contribution < -0.4 is 5.73 Å². The van der Waals surface area contributed by atoms with Crippen molar-refractivity contribution in [2.24, 2.45) is 5.73 Å². The molecule has 0 saturated heterocycles. The summed E-state index contributed by atoms with van der Waals surface area (Å²) in [4.78, 5) is 18.3. The van der Waals surface area contributed by atoms with Crippen LogP contribution in [0, 0.1) is 0 Å². The molecule has 0 spiro atoms. The maximum absolute atomic E-state index is 9.22. The molecule has 2 N–H and O–H groups in total. The lowest BCUT2D eigenvalue weighted by atomic mass is 10.8. The molecule has 4 nitrogen and oxygen atoms in total. The van der Waals surface area contributed by atoms with Crippen molar-refractivity contribution in [1.82, 2.24) is 0 Å². The van der Waals surface area contributed by atoms with Crippen LogP contribution in [0.1, 0.15) is 20.8 Å². The summed E-state index contributed by atoms with van der Waals surface area (Å²) in [6, 6.07) is 0. The summed E-state index contributed by atoms with van der Waals surface area (Å²) >= 11 is 0. The number of ether oxygens (including phenoxy) is 1. The Morgan fingerprint density at radius 1 is 1.55 bits per heavy atom. The molecule has 11 heavy (non-hydrogen) atoms. The number of rotatable bonds is 2. The van der Waals surface area contributed by atoms with Crippen LogP contribution >= 0.6 is 0 Å². The van der Waals surface area contributed by atoms with E-state index in [0.717, 1.165) is 6.61 Å². The lowest BCUT2D eigenvalue weighted by molar-refractivity contribution is -0.129. The molecule has 0 aliphatic carbocycles. The summed E-state index contributed by atoms with van der Waals surface area (Å²) in [5.41, 5.74) is 4.28. The van der Waals surface area contributed by atoms with Crippen LogP contribution in [0.5, 0.6) is 0 Å². The van der Waals surface area contributed by atoms with Gasteiger partial charge in [-0.05, 0) is 6.92 Å². The smallest absolute Gasteiger partial charge is 0.281 e. The normalized spacial score (nSPS) is 6.18. The molecular formula is C7H17NO3. The quantitative estimate of drug-likeness (QED) is 0.471. The number of hydrogen-bond donors (Lipinski definition) is 1. The summed E-state index contributed by atoms with van der Waals surface area (Å²) in [6.45, 7) is 6.78. The van der Waals surface area contributed by atoms with Gasteiger partial charge < -0.3 is 10.5 Å². The maximum atomic E-state index is 9.22. The fourth-order valence-corrected chi connectivity index (χ4v) is 0. The van der Waals surface area contributed by atoms with E-state index in [9.17, 15) is 4.79 Å². The average Bonchev–Trinajstić information content (AvgIpc) is 2.08. The van der Waals surface area contributed by atoms with E-state index < -0.39 is 5.91 Å². The zero-order valence-corrected chi connectivity index (χ0v) is 7.59. The Morgan fingerprint density at radius 3 is 1.73 bits per heavy atom. The second-order valence-electron chi connectivity index (χ2n) is 1.10. The highest BCUT2D eigenvalue weighted by Crippen LogP contribution is 1.52. The van der Waals surface area contributed by atoms with E-state index in [-0.39, 0.29) is 6.29 Å². The number of primary amides is 1. The van der Waals surface area contributed by atoms with Crippen LogP contribution in [-0.2, 0) is 14.3 Å². The fraction of sp³-hybridized carbons (Fsp3) is 0.714. The minimum atomic E-state index is -0.926. The summed E-state index contributed by atoms with van der Waals surface area (Å²) in [7, 11) is 1.68. The fourth-order valence-electron chi connectivity index (χ4n) is 0. The number of amides is 1. The minimum absolute atomic E-state index is 0.0556. The Labute approximate surface area is 67.7 Å². The van der Waals surface area contributed by atoms with E-state index in [1.807, 2.05) is 20.8 Å². The first kappa shape index (κ1) is 16.6. The van der Waals surface area contributed by atoms with Crippen molar-refractivity contribution in [2.75, 3.05) is 13.7 Å². The van der Waals surface area contributed by atoms with Gasteiger partial charge in [0.25, 0.3) is 5.91 Å². The summed E-state index contributed by atoms with van der Waals surface area (Å²) in [5, 5.41) is 0. The van der Waals surface area contributed by atoms with E-state index in [2.05, 4.69) is 10.5 Å². The van der Waals surface area contributed by atoms with Gasteiger partial charge in [0.05, 0.1) is 0 Å². The molecule has 0 aliphatic rings. The zero-order chi connectivity index (χ0) is 9.70. The van der Waals surface area contributed by atoms with Crippen molar-refractivity contribution in [1.29, 1.82) is 0 Å². The second-order valence-corrected chi connectivity index (χ2v) is 1.10. The molecule has 0 aromatic rings. The van der Waals surface area contributed by atoms with E-state index in [0.29, 0.717) is 0 Å². The van der Waals surface area contributed by atoms with Gasteiger partial charge in [-0.1, -0.05) is 13.8 Å². The van der Waals surface area contributed by atoms with Crippen molar-refractivity contribution in [3.05, 3.63) is 0 Å². The number of aldehydes is 1. The third-order valence-electron chi connectivity index (χ3n) is 0.405. The van der Waals surface area contributed by atoms with E-state index >= 15 is 0 Å². The average molecular weight is 163 g/mol. The predicted octanol–water partition coefficient (Wildman–Crippen LogP) is 0.350. The first-order chi connectivity index (χ1) is 5.18. The standard InChI is InChI=1S/C3H8O.C2H3NO2.C2H6/c1-3-4-2;3-2(5)1-4;1-2/h3H2,1-2H3;1H,(H2,3,5);1-2H3.